The number of hydrogen-bond donors (Lipinski definition) is 0. The minimum atomic E-state index is -0.354. The van der Waals surface area contributed by atoms with Crippen LogP contribution in [0.15, 0.2) is 91.0 Å². The van der Waals surface area contributed by atoms with Gasteiger partial charge in [-0.2, -0.15) is 5.26 Å². The average Bonchev–Trinajstić information content (AvgIpc) is 2.75. The van der Waals surface area contributed by atoms with Crippen LogP contribution in [-0.2, 0) is 4.79 Å². The van der Waals surface area contributed by atoms with Gasteiger partial charge in [0.25, 0.3) is 0 Å². The molecule has 0 aromatic heterocycles. The summed E-state index contributed by atoms with van der Waals surface area (Å²) in [5, 5.41) is 10.1. The summed E-state index contributed by atoms with van der Waals surface area (Å²) in [5.74, 6) is -0.177. The Kier molecular flexibility index (Phi) is 4.72. The first-order valence-electron chi connectivity index (χ1n) is 9.15. The normalized spacial score (nSPS) is 22.3. The number of hydrogen-bond acceptors (Lipinski definition) is 3. The van der Waals surface area contributed by atoms with Crippen molar-refractivity contribution in [2.75, 3.05) is 0 Å². The molecule has 0 saturated carbocycles. The molecule has 0 amide bonds. The van der Waals surface area contributed by atoms with Crippen molar-refractivity contribution in [1.82, 2.24) is 4.90 Å². The maximum atomic E-state index is 13.3. The molecule has 132 valence electrons. The van der Waals surface area contributed by atoms with Crippen LogP contribution in [0, 0.1) is 11.5 Å². The molecule has 1 aliphatic heterocycles. The van der Waals surface area contributed by atoms with Crippen molar-refractivity contribution in [1.29, 1.82) is 5.26 Å². The SMILES string of the molecule is N#CN1C(c2ccccc2)CC(=O)C(c2ccccc2)C1c1ccccc1. The predicted molar refractivity (Wildman–Crippen MR) is 105 cm³/mol. The first kappa shape index (κ1) is 17.1. The Morgan fingerprint density at radius 3 is 1.74 bits per heavy atom. The highest BCUT2D eigenvalue weighted by atomic mass is 16.1. The molecule has 4 rings (SSSR count). The number of Topliss-reactive ketones (excluding diaryl/α,β-unsaturated/α-hetero) is 1. The van der Waals surface area contributed by atoms with Crippen LogP contribution in [-0.4, -0.2) is 10.7 Å². The van der Waals surface area contributed by atoms with Gasteiger partial charge in [-0.3, -0.25) is 9.69 Å². The van der Waals surface area contributed by atoms with E-state index < -0.39 is 0 Å². The molecule has 3 aromatic rings. The number of carbonyl (C=O) groups excluding carboxylic acids is 1. The number of benzene rings is 3. The van der Waals surface area contributed by atoms with Crippen molar-refractivity contribution in [3.63, 3.8) is 0 Å². The average molecular weight is 352 g/mol. The predicted octanol–water partition coefficient (Wildman–Crippen LogP) is 5.01. The fourth-order valence-electron chi connectivity index (χ4n) is 4.06. The summed E-state index contributed by atoms with van der Waals surface area (Å²) < 4.78 is 0. The van der Waals surface area contributed by atoms with Gasteiger partial charge in [0.2, 0.25) is 0 Å². The second kappa shape index (κ2) is 7.47. The van der Waals surface area contributed by atoms with E-state index in [0.29, 0.717) is 6.42 Å². The Morgan fingerprint density at radius 1 is 0.741 bits per heavy atom. The molecule has 3 atom stereocenters. The molecular weight excluding hydrogens is 332 g/mol. The Balaban J connectivity index is 1.85. The lowest BCUT2D eigenvalue weighted by molar-refractivity contribution is -0.126. The number of rotatable bonds is 3. The molecule has 3 unspecified atom stereocenters. The Labute approximate surface area is 159 Å². The van der Waals surface area contributed by atoms with Gasteiger partial charge >= 0.3 is 0 Å². The van der Waals surface area contributed by atoms with Gasteiger partial charge in [-0.15, -0.1) is 0 Å². The first-order chi connectivity index (χ1) is 13.3. The molecule has 0 N–H and O–H groups in total. The summed E-state index contributed by atoms with van der Waals surface area (Å²) in [6.45, 7) is 0. The lowest BCUT2D eigenvalue weighted by atomic mass is 9.76. The van der Waals surface area contributed by atoms with Crippen LogP contribution >= 0.6 is 0 Å². The monoisotopic (exact) mass is 352 g/mol. The fourth-order valence-corrected chi connectivity index (χ4v) is 4.06. The maximum Gasteiger partial charge on any atom is 0.180 e. The molecule has 27 heavy (non-hydrogen) atoms. The zero-order valence-electron chi connectivity index (χ0n) is 14.9. The first-order valence-corrected chi connectivity index (χ1v) is 9.15. The van der Waals surface area contributed by atoms with Crippen molar-refractivity contribution in [2.45, 2.75) is 24.4 Å². The van der Waals surface area contributed by atoms with Crippen LogP contribution in [0.5, 0.6) is 0 Å². The van der Waals surface area contributed by atoms with E-state index in [9.17, 15) is 10.1 Å². The van der Waals surface area contributed by atoms with E-state index >= 15 is 0 Å². The van der Waals surface area contributed by atoms with Crippen molar-refractivity contribution in [2.24, 2.45) is 0 Å². The molecule has 0 bridgehead atoms. The van der Waals surface area contributed by atoms with E-state index in [4.69, 9.17) is 0 Å². The number of carbonyl (C=O) groups is 1. The van der Waals surface area contributed by atoms with Crippen molar-refractivity contribution in [3.8, 4) is 6.19 Å². The van der Waals surface area contributed by atoms with Gasteiger partial charge in [-0.05, 0) is 16.7 Å². The fraction of sp³-hybridized carbons (Fsp3) is 0.167. The summed E-state index contributed by atoms with van der Waals surface area (Å²) in [6, 6.07) is 29.0. The topological polar surface area (TPSA) is 44.1 Å². The van der Waals surface area contributed by atoms with Crippen LogP contribution in [0.1, 0.15) is 41.1 Å². The number of ketones is 1. The van der Waals surface area contributed by atoms with Gasteiger partial charge in [-0.25, -0.2) is 0 Å². The minimum Gasteiger partial charge on any atom is -0.299 e. The van der Waals surface area contributed by atoms with Crippen molar-refractivity contribution >= 4 is 5.78 Å². The van der Waals surface area contributed by atoms with Crippen LogP contribution in [0.4, 0.5) is 0 Å². The lowest BCUT2D eigenvalue weighted by Gasteiger charge is -2.43. The molecule has 1 heterocycles. The number of nitriles is 1. The highest BCUT2D eigenvalue weighted by Crippen LogP contribution is 2.47. The van der Waals surface area contributed by atoms with Gasteiger partial charge < -0.3 is 0 Å². The lowest BCUT2D eigenvalue weighted by Crippen LogP contribution is -2.42. The van der Waals surface area contributed by atoms with E-state index in [1.807, 2.05) is 95.9 Å². The summed E-state index contributed by atoms with van der Waals surface area (Å²) in [7, 11) is 0. The molecule has 0 radical (unpaired) electrons. The van der Waals surface area contributed by atoms with Gasteiger partial charge in [-0.1, -0.05) is 91.0 Å². The van der Waals surface area contributed by atoms with E-state index in [1.54, 1.807) is 0 Å². The van der Waals surface area contributed by atoms with Gasteiger partial charge in [0.15, 0.2) is 6.19 Å². The van der Waals surface area contributed by atoms with Crippen LogP contribution in [0.2, 0.25) is 0 Å². The molecule has 1 saturated heterocycles. The smallest absolute Gasteiger partial charge is 0.180 e. The third-order valence-corrected chi connectivity index (χ3v) is 5.29. The van der Waals surface area contributed by atoms with Gasteiger partial charge in [0.05, 0.1) is 18.0 Å². The molecule has 3 nitrogen and oxygen atoms in total. The molecule has 0 spiro atoms. The molecule has 1 aliphatic rings. The highest BCUT2D eigenvalue weighted by molar-refractivity contribution is 5.88. The Morgan fingerprint density at radius 2 is 1.22 bits per heavy atom. The minimum absolute atomic E-state index is 0.176. The van der Waals surface area contributed by atoms with Crippen molar-refractivity contribution < 1.29 is 4.79 Å². The van der Waals surface area contributed by atoms with Crippen LogP contribution in [0.25, 0.3) is 0 Å². The maximum absolute atomic E-state index is 13.3. The second-order valence-electron chi connectivity index (χ2n) is 6.85. The number of piperidine rings is 1. The number of nitrogens with zero attached hydrogens (tertiary/aromatic N) is 2. The highest BCUT2D eigenvalue weighted by Gasteiger charge is 2.44. The van der Waals surface area contributed by atoms with Crippen LogP contribution < -0.4 is 0 Å². The standard InChI is InChI=1S/C24H20N2O/c25-17-26-21(18-10-4-1-5-11-18)16-22(27)23(19-12-6-2-7-13-19)24(26)20-14-8-3-9-15-20/h1-15,21,23-24H,16H2. The molecule has 3 heteroatoms. The van der Waals surface area contributed by atoms with Crippen LogP contribution in [0.3, 0.4) is 0 Å². The molecular formula is C24H20N2O. The van der Waals surface area contributed by atoms with E-state index in [1.165, 1.54) is 0 Å². The Hall–Kier alpha value is -3.38. The zero-order chi connectivity index (χ0) is 18.6. The number of likely N-dealkylation sites (tertiary alicyclic amines) is 1. The molecule has 0 aliphatic carbocycles. The largest absolute Gasteiger partial charge is 0.299 e. The third-order valence-electron chi connectivity index (χ3n) is 5.29. The van der Waals surface area contributed by atoms with Crippen molar-refractivity contribution in [3.05, 3.63) is 108 Å². The summed E-state index contributed by atoms with van der Waals surface area (Å²) in [6.07, 6.45) is 2.74. The van der Waals surface area contributed by atoms with E-state index in [2.05, 4.69) is 6.19 Å². The van der Waals surface area contributed by atoms with E-state index in [0.717, 1.165) is 16.7 Å². The molecule has 3 aromatic carbocycles. The third kappa shape index (κ3) is 3.22. The summed E-state index contributed by atoms with van der Waals surface area (Å²) in [5.41, 5.74) is 2.95. The zero-order valence-corrected chi connectivity index (χ0v) is 14.9. The second-order valence-corrected chi connectivity index (χ2v) is 6.85. The van der Waals surface area contributed by atoms with Gasteiger partial charge in [0.1, 0.15) is 5.78 Å². The van der Waals surface area contributed by atoms with Gasteiger partial charge in [0, 0.05) is 6.42 Å². The van der Waals surface area contributed by atoms with E-state index in [-0.39, 0.29) is 23.8 Å². The summed E-state index contributed by atoms with van der Waals surface area (Å²) in [4.78, 5) is 15.1. The molecule has 1 fully saturated rings. The summed E-state index contributed by atoms with van der Waals surface area (Å²) >= 11 is 0. The quantitative estimate of drug-likeness (QED) is 0.623. The Bertz CT molecular complexity index is 948.